The largest absolute Gasteiger partial charge is 0.507 e. The molecule has 1 atom stereocenters. The number of benzene rings is 1. The molecule has 1 aromatic rings. The Kier molecular flexibility index (Phi) is 4.62. The number of alkyl halides is 1. The van der Waals surface area contributed by atoms with Gasteiger partial charge in [0.15, 0.2) is 0 Å². The molecule has 2 N–H and O–H groups in total. The molecule has 0 heterocycles. The number of phenols is 1. The maximum atomic E-state index is 11.7. The third-order valence-electron chi connectivity index (χ3n) is 2.31. The number of aromatic hydroxyl groups is 1. The van der Waals surface area contributed by atoms with Gasteiger partial charge in [-0.1, -0.05) is 12.1 Å². The number of nitrogens with one attached hydrogen (secondary N) is 1. The Balaban J connectivity index is 2.63. The molecule has 0 bridgehead atoms. The lowest BCUT2D eigenvalue weighted by Crippen LogP contribution is -2.25. The molecule has 1 aromatic carbocycles. The van der Waals surface area contributed by atoms with E-state index >= 15 is 0 Å². The number of carbonyl (C=O) groups excluding carboxylic acids is 1. The van der Waals surface area contributed by atoms with Gasteiger partial charge in [0.1, 0.15) is 5.75 Å². The standard InChI is InChI=1S/C12H16ClNO2/c1-8-4-3-5-10(11(8)15)12(16)14-7-6-9(2)13/h3-5,9,15H,6-7H2,1-2H3,(H,14,16). The van der Waals surface area contributed by atoms with Crippen molar-refractivity contribution >= 4 is 17.5 Å². The summed E-state index contributed by atoms with van der Waals surface area (Å²) in [6.07, 6.45) is 0.708. The van der Waals surface area contributed by atoms with Crippen molar-refractivity contribution < 1.29 is 9.90 Å². The molecule has 3 nitrogen and oxygen atoms in total. The third-order valence-corrected chi connectivity index (χ3v) is 2.53. The minimum atomic E-state index is -0.265. The average Bonchev–Trinajstić information content (AvgIpc) is 2.21. The van der Waals surface area contributed by atoms with Gasteiger partial charge in [0.2, 0.25) is 0 Å². The molecular weight excluding hydrogens is 226 g/mol. The number of carbonyl (C=O) groups is 1. The molecule has 0 aliphatic rings. The fraction of sp³-hybridized carbons (Fsp3) is 0.417. The van der Waals surface area contributed by atoms with Crippen LogP contribution in [0.3, 0.4) is 0 Å². The van der Waals surface area contributed by atoms with Crippen LogP contribution < -0.4 is 5.32 Å². The Labute approximate surface area is 100 Å². The summed E-state index contributed by atoms with van der Waals surface area (Å²) in [6, 6.07) is 5.10. The van der Waals surface area contributed by atoms with Crippen LogP contribution >= 0.6 is 11.6 Å². The van der Waals surface area contributed by atoms with E-state index in [1.165, 1.54) is 0 Å². The molecule has 88 valence electrons. The van der Waals surface area contributed by atoms with Gasteiger partial charge in [0.25, 0.3) is 5.91 Å². The molecule has 0 saturated carbocycles. The number of aryl methyl sites for hydroxylation is 1. The third kappa shape index (κ3) is 3.42. The lowest BCUT2D eigenvalue weighted by molar-refractivity contribution is 0.0950. The van der Waals surface area contributed by atoms with E-state index in [0.29, 0.717) is 24.1 Å². The maximum absolute atomic E-state index is 11.7. The van der Waals surface area contributed by atoms with Crippen molar-refractivity contribution in [1.82, 2.24) is 5.32 Å². The minimum absolute atomic E-state index is 0.0337. The molecule has 1 unspecified atom stereocenters. The number of hydrogen-bond acceptors (Lipinski definition) is 2. The SMILES string of the molecule is Cc1cccc(C(=O)NCCC(C)Cl)c1O. The van der Waals surface area contributed by atoms with Crippen LogP contribution in [0.4, 0.5) is 0 Å². The first-order valence-electron chi connectivity index (χ1n) is 5.23. The van der Waals surface area contributed by atoms with E-state index in [9.17, 15) is 9.90 Å². The monoisotopic (exact) mass is 241 g/mol. The Morgan fingerprint density at radius 1 is 1.56 bits per heavy atom. The summed E-state index contributed by atoms with van der Waals surface area (Å²) in [6.45, 7) is 4.14. The summed E-state index contributed by atoms with van der Waals surface area (Å²) in [4.78, 5) is 11.7. The second kappa shape index (κ2) is 5.75. The van der Waals surface area contributed by atoms with Crippen LogP contribution in [0.15, 0.2) is 18.2 Å². The van der Waals surface area contributed by atoms with E-state index in [1.54, 1.807) is 25.1 Å². The molecule has 1 amide bonds. The van der Waals surface area contributed by atoms with Crippen LogP contribution in [0.25, 0.3) is 0 Å². The van der Waals surface area contributed by atoms with Crippen LogP contribution in [-0.4, -0.2) is 22.9 Å². The lowest BCUT2D eigenvalue weighted by Gasteiger charge is -2.08. The second-order valence-electron chi connectivity index (χ2n) is 3.80. The quantitative estimate of drug-likeness (QED) is 0.796. The Morgan fingerprint density at radius 3 is 2.88 bits per heavy atom. The molecule has 0 radical (unpaired) electrons. The molecule has 0 aliphatic carbocycles. The summed E-state index contributed by atoms with van der Waals surface area (Å²) < 4.78 is 0. The van der Waals surface area contributed by atoms with Gasteiger partial charge in [-0.15, -0.1) is 11.6 Å². The van der Waals surface area contributed by atoms with E-state index in [4.69, 9.17) is 11.6 Å². The summed E-state index contributed by atoms with van der Waals surface area (Å²) in [5.41, 5.74) is 1.00. The van der Waals surface area contributed by atoms with Crippen molar-refractivity contribution in [1.29, 1.82) is 0 Å². The summed E-state index contributed by atoms with van der Waals surface area (Å²) in [5.74, 6) is -0.225. The zero-order valence-corrected chi connectivity index (χ0v) is 10.2. The highest BCUT2D eigenvalue weighted by atomic mass is 35.5. The highest BCUT2D eigenvalue weighted by Crippen LogP contribution is 2.20. The topological polar surface area (TPSA) is 49.3 Å². The van der Waals surface area contributed by atoms with Gasteiger partial charge < -0.3 is 10.4 Å². The van der Waals surface area contributed by atoms with E-state index in [-0.39, 0.29) is 17.0 Å². The van der Waals surface area contributed by atoms with Gasteiger partial charge in [-0.3, -0.25) is 4.79 Å². The number of hydrogen-bond donors (Lipinski definition) is 2. The highest BCUT2D eigenvalue weighted by Gasteiger charge is 2.11. The smallest absolute Gasteiger partial charge is 0.255 e. The fourth-order valence-electron chi connectivity index (χ4n) is 1.32. The van der Waals surface area contributed by atoms with Gasteiger partial charge in [-0.2, -0.15) is 0 Å². The van der Waals surface area contributed by atoms with E-state index in [0.717, 1.165) is 0 Å². The van der Waals surface area contributed by atoms with Crippen molar-refractivity contribution in [2.45, 2.75) is 25.6 Å². The van der Waals surface area contributed by atoms with E-state index < -0.39 is 0 Å². The molecule has 16 heavy (non-hydrogen) atoms. The second-order valence-corrected chi connectivity index (χ2v) is 4.54. The molecule has 0 saturated heterocycles. The van der Waals surface area contributed by atoms with Crippen molar-refractivity contribution in [3.8, 4) is 5.75 Å². The predicted molar refractivity (Wildman–Crippen MR) is 65.1 cm³/mol. The van der Waals surface area contributed by atoms with Crippen LogP contribution in [0.1, 0.15) is 29.3 Å². The number of rotatable bonds is 4. The molecule has 0 aliphatic heterocycles. The predicted octanol–water partition coefficient (Wildman–Crippen LogP) is 2.45. The van der Waals surface area contributed by atoms with Crippen molar-refractivity contribution in [2.75, 3.05) is 6.54 Å². The number of halogens is 1. The molecule has 4 heteroatoms. The molecule has 0 aromatic heterocycles. The minimum Gasteiger partial charge on any atom is -0.507 e. The molecular formula is C12H16ClNO2. The normalized spacial score (nSPS) is 12.2. The van der Waals surface area contributed by atoms with Crippen LogP contribution in [0.5, 0.6) is 5.75 Å². The first kappa shape index (κ1) is 12.8. The number of amides is 1. The van der Waals surface area contributed by atoms with Gasteiger partial charge in [-0.25, -0.2) is 0 Å². The Bertz CT molecular complexity index is 377. The van der Waals surface area contributed by atoms with Crippen LogP contribution in [0, 0.1) is 6.92 Å². The Morgan fingerprint density at radius 2 is 2.25 bits per heavy atom. The zero-order valence-electron chi connectivity index (χ0n) is 9.46. The first-order valence-corrected chi connectivity index (χ1v) is 5.67. The highest BCUT2D eigenvalue weighted by molar-refractivity contribution is 6.20. The van der Waals surface area contributed by atoms with Gasteiger partial charge in [-0.05, 0) is 31.9 Å². The zero-order chi connectivity index (χ0) is 12.1. The lowest BCUT2D eigenvalue weighted by atomic mass is 10.1. The van der Waals surface area contributed by atoms with Crippen molar-refractivity contribution in [2.24, 2.45) is 0 Å². The van der Waals surface area contributed by atoms with Crippen molar-refractivity contribution in [3.05, 3.63) is 29.3 Å². The average molecular weight is 242 g/mol. The van der Waals surface area contributed by atoms with Gasteiger partial charge in [0, 0.05) is 11.9 Å². The number of phenolic OH excluding ortho intramolecular Hbond substituents is 1. The van der Waals surface area contributed by atoms with Crippen LogP contribution in [-0.2, 0) is 0 Å². The molecule has 0 fully saturated rings. The fourth-order valence-corrected chi connectivity index (χ4v) is 1.43. The summed E-state index contributed by atoms with van der Waals surface area (Å²) >= 11 is 5.76. The van der Waals surface area contributed by atoms with Crippen LogP contribution in [0.2, 0.25) is 0 Å². The van der Waals surface area contributed by atoms with Gasteiger partial charge in [0.05, 0.1) is 5.56 Å². The van der Waals surface area contributed by atoms with E-state index in [1.807, 2.05) is 6.92 Å². The molecule has 0 spiro atoms. The maximum Gasteiger partial charge on any atom is 0.255 e. The Hall–Kier alpha value is -1.22. The van der Waals surface area contributed by atoms with Gasteiger partial charge >= 0.3 is 0 Å². The summed E-state index contributed by atoms with van der Waals surface area (Å²) in [5, 5.41) is 12.4. The molecule has 1 rings (SSSR count). The number of para-hydroxylation sites is 1. The summed E-state index contributed by atoms with van der Waals surface area (Å²) in [7, 11) is 0. The van der Waals surface area contributed by atoms with E-state index in [2.05, 4.69) is 5.32 Å². The van der Waals surface area contributed by atoms with Crippen molar-refractivity contribution in [3.63, 3.8) is 0 Å². The first-order chi connectivity index (χ1) is 7.52.